The molecule has 3 heterocycles. The molecule has 12 heteroatoms. The molecular formula is C26H30F5N5O2. The molecule has 0 bridgehead atoms. The summed E-state index contributed by atoms with van der Waals surface area (Å²) >= 11 is 0. The molecule has 0 N–H and O–H groups in total. The first-order valence-electron chi connectivity index (χ1n) is 12.6. The number of hydrogen-bond acceptors (Lipinski definition) is 6. The van der Waals surface area contributed by atoms with E-state index in [2.05, 4.69) is 14.9 Å². The van der Waals surface area contributed by atoms with Gasteiger partial charge < -0.3 is 14.5 Å². The van der Waals surface area contributed by atoms with Gasteiger partial charge in [0.2, 0.25) is 5.95 Å². The van der Waals surface area contributed by atoms with Crippen molar-refractivity contribution in [3.8, 4) is 0 Å². The summed E-state index contributed by atoms with van der Waals surface area (Å²) in [5, 5.41) is 0. The topological polar surface area (TPSA) is 61.8 Å². The molecule has 206 valence electrons. The summed E-state index contributed by atoms with van der Waals surface area (Å²) in [6.07, 6.45) is -6.44. The van der Waals surface area contributed by atoms with Crippen LogP contribution in [0.4, 0.5) is 32.7 Å². The van der Waals surface area contributed by atoms with Crippen LogP contribution in [0.3, 0.4) is 0 Å². The number of likely N-dealkylation sites (tertiary alicyclic amines) is 1. The Bertz CT molecular complexity index is 1130. The van der Waals surface area contributed by atoms with Gasteiger partial charge in [-0.1, -0.05) is 30.3 Å². The summed E-state index contributed by atoms with van der Waals surface area (Å²) in [5.74, 6) is 0.111. The zero-order valence-electron chi connectivity index (χ0n) is 21.2. The van der Waals surface area contributed by atoms with Gasteiger partial charge >= 0.3 is 12.3 Å². The van der Waals surface area contributed by atoms with Gasteiger partial charge in [0.25, 0.3) is 6.43 Å². The Morgan fingerprint density at radius 3 is 2.26 bits per heavy atom. The van der Waals surface area contributed by atoms with E-state index in [1.807, 2.05) is 30.3 Å². The third-order valence-electron chi connectivity index (χ3n) is 7.85. The van der Waals surface area contributed by atoms with Gasteiger partial charge in [0.15, 0.2) is 5.60 Å². The van der Waals surface area contributed by atoms with Crippen molar-refractivity contribution < 1.29 is 31.5 Å². The number of carbonyl (C=O) groups excluding carboxylic acids is 1. The van der Waals surface area contributed by atoms with E-state index in [1.165, 1.54) is 4.90 Å². The lowest BCUT2D eigenvalue weighted by Crippen LogP contribution is -2.71. The number of amides is 1. The number of aromatic nitrogens is 2. The van der Waals surface area contributed by atoms with Gasteiger partial charge in [-0.3, -0.25) is 4.90 Å². The maximum atomic E-state index is 14.2. The summed E-state index contributed by atoms with van der Waals surface area (Å²) in [6, 6.07) is 9.14. The van der Waals surface area contributed by atoms with E-state index in [0.717, 1.165) is 24.5 Å². The van der Waals surface area contributed by atoms with Crippen LogP contribution in [0.25, 0.3) is 0 Å². The number of alkyl halides is 5. The highest BCUT2D eigenvalue weighted by atomic mass is 19.4. The maximum absolute atomic E-state index is 14.2. The minimum Gasteiger partial charge on any atom is -0.437 e. The van der Waals surface area contributed by atoms with Crippen molar-refractivity contribution in [3.05, 3.63) is 53.9 Å². The molecular weight excluding hydrogens is 509 g/mol. The zero-order valence-corrected chi connectivity index (χ0v) is 21.2. The first kappa shape index (κ1) is 26.6. The molecule has 2 saturated heterocycles. The molecule has 0 radical (unpaired) electrons. The van der Waals surface area contributed by atoms with Crippen molar-refractivity contribution in [3.63, 3.8) is 0 Å². The molecule has 3 fully saturated rings. The summed E-state index contributed by atoms with van der Waals surface area (Å²) in [7, 11) is 0. The van der Waals surface area contributed by atoms with Crippen LogP contribution >= 0.6 is 0 Å². The Morgan fingerprint density at radius 1 is 1.05 bits per heavy atom. The number of carbonyl (C=O) groups is 1. The fourth-order valence-corrected chi connectivity index (χ4v) is 6.08. The highest BCUT2D eigenvalue weighted by Gasteiger charge is 2.66. The molecule has 3 aliphatic rings. The van der Waals surface area contributed by atoms with E-state index >= 15 is 0 Å². The normalized spacial score (nSPS) is 24.7. The van der Waals surface area contributed by atoms with Gasteiger partial charge in [-0.25, -0.2) is 23.5 Å². The van der Waals surface area contributed by atoms with Crippen LogP contribution in [0.5, 0.6) is 0 Å². The van der Waals surface area contributed by atoms with Gasteiger partial charge in [0.05, 0.1) is 5.56 Å². The van der Waals surface area contributed by atoms with Crippen LogP contribution in [0.15, 0.2) is 42.7 Å². The Morgan fingerprint density at radius 2 is 1.68 bits per heavy atom. The lowest BCUT2D eigenvalue weighted by atomic mass is 9.55. The van der Waals surface area contributed by atoms with Crippen molar-refractivity contribution in [1.29, 1.82) is 0 Å². The van der Waals surface area contributed by atoms with E-state index in [-0.39, 0.29) is 43.3 Å². The molecule has 5 rings (SSSR count). The molecule has 2 aliphatic heterocycles. The molecule has 1 aliphatic carbocycles. The zero-order chi connectivity index (χ0) is 27.3. The van der Waals surface area contributed by atoms with E-state index < -0.39 is 35.9 Å². The maximum Gasteiger partial charge on any atom is 0.419 e. The van der Waals surface area contributed by atoms with Gasteiger partial charge in [-0.05, 0) is 19.4 Å². The summed E-state index contributed by atoms with van der Waals surface area (Å²) in [4.78, 5) is 26.1. The first-order chi connectivity index (χ1) is 17.9. The van der Waals surface area contributed by atoms with Crippen molar-refractivity contribution in [2.24, 2.45) is 5.41 Å². The van der Waals surface area contributed by atoms with Crippen molar-refractivity contribution in [1.82, 2.24) is 19.8 Å². The minimum atomic E-state index is -4.54. The van der Waals surface area contributed by atoms with Crippen LogP contribution < -0.4 is 4.90 Å². The fourth-order valence-electron chi connectivity index (χ4n) is 6.08. The fraction of sp³-hybridized carbons (Fsp3) is 0.577. The Kier molecular flexibility index (Phi) is 6.73. The molecule has 1 aromatic carbocycles. The highest BCUT2D eigenvalue weighted by molar-refractivity contribution is 5.69. The average molecular weight is 540 g/mol. The van der Waals surface area contributed by atoms with E-state index in [0.29, 0.717) is 13.1 Å². The average Bonchev–Trinajstić information content (AvgIpc) is 2.82. The van der Waals surface area contributed by atoms with Gasteiger partial charge in [0.1, 0.15) is 0 Å². The van der Waals surface area contributed by atoms with Crippen LogP contribution in [-0.4, -0.2) is 76.2 Å². The summed E-state index contributed by atoms with van der Waals surface area (Å²) < 4.78 is 72.4. The summed E-state index contributed by atoms with van der Waals surface area (Å²) in [5.41, 5.74) is -1.85. The monoisotopic (exact) mass is 539 g/mol. The van der Waals surface area contributed by atoms with E-state index in [4.69, 9.17) is 4.74 Å². The number of ether oxygens (including phenoxy) is 1. The second-order valence-electron chi connectivity index (χ2n) is 11.0. The Balaban J connectivity index is 1.17. The van der Waals surface area contributed by atoms with E-state index in [1.54, 1.807) is 18.7 Å². The molecule has 2 aromatic rings. The number of rotatable bonds is 5. The number of nitrogens with zero attached hydrogens (tertiary/aromatic N) is 5. The smallest absolute Gasteiger partial charge is 0.419 e. The SMILES string of the molecule is C[C@@H]1CN(c2ncc(C(F)(F)F)cn2)[C@@H](C)CN1C(=O)OC1(C(F)F)CC2(CN(Cc3ccccc3)C2)C1. The predicted molar refractivity (Wildman–Crippen MR) is 129 cm³/mol. The second kappa shape index (κ2) is 9.62. The molecule has 1 spiro atoms. The lowest BCUT2D eigenvalue weighted by molar-refractivity contribution is -0.243. The third kappa shape index (κ3) is 5.02. The summed E-state index contributed by atoms with van der Waals surface area (Å²) in [6.45, 7) is 5.99. The number of hydrogen-bond donors (Lipinski definition) is 0. The molecule has 38 heavy (non-hydrogen) atoms. The first-order valence-corrected chi connectivity index (χ1v) is 12.6. The third-order valence-corrected chi connectivity index (χ3v) is 7.85. The largest absolute Gasteiger partial charge is 0.437 e. The number of anilines is 1. The predicted octanol–water partition coefficient (Wildman–Crippen LogP) is 4.83. The number of halogens is 5. The second-order valence-corrected chi connectivity index (χ2v) is 11.0. The van der Waals surface area contributed by atoms with Crippen LogP contribution in [0.2, 0.25) is 0 Å². The molecule has 2 atom stereocenters. The van der Waals surface area contributed by atoms with Gasteiger partial charge in [0, 0.05) is 75.5 Å². The number of benzene rings is 1. The van der Waals surface area contributed by atoms with Gasteiger partial charge in [-0.15, -0.1) is 0 Å². The van der Waals surface area contributed by atoms with Crippen molar-refractivity contribution in [2.75, 3.05) is 31.1 Å². The molecule has 0 unspecified atom stereocenters. The number of piperazine rings is 1. The molecule has 1 aromatic heterocycles. The van der Waals surface area contributed by atoms with E-state index in [9.17, 15) is 26.7 Å². The molecule has 1 amide bonds. The van der Waals surface area contributed by atoms with Crippen LogP contribution in [0.1, 0.15) is 37.8 Å². The Labute approximate surface area is 217 Å². The highest BCUT2D eigenvalue weighted by Crippen LogP contribution is 2.58. The minimum absolute atomic E-state index is 0.111. The van der Waals surface area contributed by atoms with Crippen LogP contribution in [-0.2, 0) is 17.5 Å². The Hall–Kier alpha value is -3.02. The molecule has 7 nitrogen and oxygen atoms in total. The molecule has 1 saturated carbocycles. The lowest BCUT2D eigenvalue weighted by Gasteiger charge is -2.63. The quantitative estimate of drug-likeness (QED) is 0.508. The van der Waals surface area contributed by atoms with Crippen LogP contribution in [0, 0.1) is 5.41 Å². The standard InChI is InChI=1S/C26H30F5N5O2/c1-17-11-36(18(2)10-35(17)22-32-8-20(9-33-22)26(29,30)31)23(37)38-25(21(27)28)13-24(14-25)15-34(16-24)12-19-6-4-3-5-7-19/h3-9,17-18,21H,10-16H2,1-2H3/t17-,18+/m0/s1. The van der Waals surface area contributed by atoms with Crippen molar-refractivity contribution in [2.45, 2.75) is 63.5 Å². The van der Waals surface area contributed by atoms with Crippen molar-refractivity contribution >= 4 is 12.0 Å². The van der Waals surface area contributed by atoms with Gasteiger partial charge in [-0.2, -0.15) is 13.2 Å².